The number of aromatic nitrogens is 2. The lowest BCUT2D eigenvalue weighted by molar-refractivity contribution is -0.131. The van der Waals surface area contributed by atoms with E-state index in [9.17, 15) is 9.59 Å². The average Bonchev–Trinajstić information content (AvgIpc) is 3.26. The van der Waals surface area contributed by atoms with Gasteiger partial charge in [0.25, 0.3) is 0 Å². The van der Waals surface area contributed by atoms with Gasteiger partial charge in [-0.3, -0.25) is 9.59 Å². The Kier molecular flexibility index (Phi) is 6.47. The van der Waals surface area contributed by atoms with Crippen LogP contribution in [0.2, 0.25) is 0 Å². The van der Waals surface area contributed by atoms with E-state index in [0.717, 1.165) is 62.2 Å². The van der Waals surface area contributed by atoms with Crippen molar-refractivity contribution >= 4 is 22.8 Å². The molecular weight excluding hydrogens is 400 g/mol. The van der Waals surface area contributed by atoms with Crippen LogP contribution in [-0.4, -0.2) is 56.8 Å². The highest BCUT2D eigenvalue weighted by Gasteiger charge is 2.37. The fourth-order valence-corrected chi connectivity index (χ4v) is 5.98. The predicted octanol–water partition coefficient (Wildman–Crippen LogP) is 4.48. The van der Waals surface area contributed by atoms with Crippen LogP contribution in [0.4, 0.5) is 0 Å². The van der Waals surface area contributed by atoms with Gasteiger partial charge >= 0.3 is 0 Å². The Morgan fingerprint density at radius 3 is 2.47 bits per heavy atom. The van der Waals surface area contributed by atoms with Crippen molar-refractivity contribution in [1.29, 1.82) is 0 Å². The lowest BCUT2D eigenvalue weighted by atomic mass is 9.94. The first-order valence-corrected chi connectivity index (χ1v) is 12.7. The molecule has 0 radical (unpaired) electrons. The Hall–Kier alpha value is -2.37. The highest BCUT2D eigenvalue weighted by Crippen LogP contribution is 2.34. The first-order valence-electron chi connectivity index (χ1n) is 12.7. The van der Waals surface area contributed by atoms with Gasteiger partial charge in [-0.15, -0.1) is 0 Å². The molecule has 1 aromatic heterocycles. The van der Waals surface area contributed by atoms with Gasteiger partial charge in [0.2, 0.25) is 11.8 Å². The third-order valence-electron chi connectivity index (χ3n) is 7.73. The molecule has 2 saturated heterocycles. The Morgan fingerprint density at radius 2 is 1.69 bits per heavy atom. The molecule has 1 aliphatic carbocycles. The van der Waals surface area contributed by atoms with Gasteiger partial charge in [0, 0.05) is 51.0 Å². The first kappa shape index (κ1) is 21.5. The molecule has 0 bridgehead atoms. The number of hydrogen-bond acceptors (Lipinski definition) is 3. The van der Waals surface area contributed by atoms with Crippen molar-refractivity contribution in [1.82, 2.24) is 19.4 Å². The van der Waals surface area contributed by atoms with Crippen molar-refractivity contribution in [2.45, 2.75) is 89.1 Å². The Balaban J connectivity index is 1.35. The normalized spacial score (nSPS) is 23.1. The number of hydrogen-bond donors (Lipinski definition) is 0. The molecule has 0 N–H and O–H groups in total. The zero-order chi connectivity index (χ0) is 21.9. The lowest BCUT2D eigenvalue weighted by Crippen LogP contribution is -2.37. The maximum Gasteiger partial charge on any atom is 0.224 e. The summed E-state index contributed by atoms with van der Waals surface area (Å²) in [5, 5.41) is 0. The maximum absolute atomic E-state index is 13.0. The number of aryl methyl sites for hydroxylation is 1. The smallest absolute Gasteiger partial charge is 0.224 e. The van der Waals surface area contributed by atoms with Gasteiger partial charge in [-0.05, 0) is 37.8 Å². The van der Waals surface area contributed by atoms with E-state index in [4.69, 9.17) is 4.98 Å². The molecule has 2 aromatic rings. The monoisotopic (exact) mass is 436 g/mol. The van der Waals surface area contributed by atoms with E-state index < -0.39 is 0 Å². The Bertz CT molecular complexity index is 954. The third-order valence-corrected chi connectivity index (χ3v) is 7.73. The molecule has 6 nitrogen and oxygen atoms in total. The minimum atomic E-state index is 0.116. The highest BCUT2D eigenvalue weighted by molar-refractivity contribution is 5.81. The summed E-state index contributed by atoms with van der Waals surface area (Å²) in [6.07, 6.45) is 11.8. The van der Waals surface area contributed by atoms with E-state index in [1.807, 2.05) is 18.2 Å². The van der Waals surface area contributed by atoms with Crippen molar-refractivity contribution in [2.24, 2.45) is 0 Å². The molecular formula is C26H36N4O2. The molecule has 2 aliphatic heterocycles. The summed E-state index contributed by atoms with van der Waals surface area (Å²) < 4.78 is 2.23. The number of carbonyl (C=O) groups excluding carboxylic acids is 2. The Morgan fingerprint density at radius 1 is 0.969 bits per heavy atom. The molecule has 5 rings (SSSR count). The van der Waals surface area contributed by atoms with Crippen LogP contribution in [0.5, 0.6) is 0 Å². The van der Waals surface area contributed by atoms with Crippen LogP contribution in [0, 0.1) is 0 Å². The number of nitrogens with zero attached hydrogens (tertiary/aromatic N) is 4. The number of imidazole rings is 1. The fraction of sp³-hybridized carbons (Fsp3) is 0.654. The van der Waals surface area contributed by atoms with Crippen molar-refractivity contribution in [3.8, 4) is 0 Å². The molecule has 3 aliphatic rings. The maximum atomic E-state index is 13.0. The molecule has 3 heterocycles. The number of para-hydroxylation sites is 2. The number of fused-ring (bicyclic) bond motifs is 1. The van der Waals surface area contributed by atoms with Crippen LogP contribution in [-0.2, 0) is 16.1 Å². The van der Waals surface area contributed by atoms with Crippen LogP contribution in [0.1, 0.15) is 82.4 Å². The summed E-state index contributed by atoms with van der Waals surface area (Å²) >= 11 is 0. The standard InChI is InChI=1S/C26H36N4O2/c31-24(28-15-8-1-2-9-16-28)14-17-29-23-13-7-6-12-22(23)27-26(29)20-18-25(32)30(19-20)21-10-4-3-5-11-21/h6-7,12-13,20-21H,1-5,8-11,14-19H2. The zero-order valence-corrected chi connectivity index (χ0v) is 19.2. The van der Waals surface area contributed by atoms with Crippen molar-refractivity contribution in [3.05, 3.63) is 30.1 Å². The molecule has 6 heteroatoms. The lowest BCUT2D eigenvalue weighted by Gasteiger charge is -2.31. The minimum Gasteiger partial charge on any atom is -0.343 e. The van der Waals surface area contributed by atoms with E-state index >= 15 is 0 Å². The molecule has 1 atom stereocenters. The number of amides is 2. The van der Waals surface area contributed by atoms with Crippen molar-refractivity contribution in [3.63, 3.8) is 0 Å². The summed E-state index contributed by atoms with van der Waals surface area (Å²) in [6.45, 7) is 3.19. The molecule has 1 saturated carbocycles. The highest BCUT2D eigenvalue weighted by atomic mass is 16.2. The predicted molar refractivity (Wildman–Crippen MR) is 125 cm³/mol. The van der Waals surface area contributed by atoms with Gasteiger partial charge in [-0.1, -0.05) is 44.2 Å². The summed E-state index contributed by atoms with van der Waals surface area (Å²) in [5.74, 6) is 1.63. The van der Waals surface area contributed by atoms with Gasteiger partial charge in [-0.25, -0.2) is 4.98 Å². The van der Waals surface area contributed by atoms with Gasteiger partial charge in [0.05, 0.1) is 11.0 Å². The number of rotatable bonds is 5. The van der Waals surface area contributed by atoms with Gasteiger partial charge in [0.1, 0.15) is 5.82 Å². The molecule has 1 unspecified atom stereocenters. The van der Waals surface area contributed by atoms with Crippen molar-refractivity contribution in [2.75, 3.05) is 19.6 Å². The number of likely N-dealkylation sites (tertiary alicyclic amines) is 2. The van der Waals surface area contributed by atoms with E-state index in [0.29, 0.717) is 25.4 Å². The second-order valence-corrected chi connectivity index (χ2v) is 9.89. The van der Waals surface area contributed by atoms with E-state index in [1.54, 1.807) is 0 Å². The Labute approximate surface area is 191 Å². The number of benzene rings is 1. The van der Waals surface area contributed by atoms with Crippen LogP contribution in [0.15, 0.2) is 24.3 Å². The molecule has 0 spiro atoms. The van der Waals surface area contributed by atoms with Crippen LogP contribution < -0.4 is 0 Å². The molecule has 2 amide bonds. The SMILES string of the molecule is O=C(CCn1c(C2CC(=O)N(C3CCCCC3)C2)nc2ccccc21)N1CCCCCC1. The molecule has 3 fully saturated rings. The third kappa shape index (κ3) is 4.41. The van der Waals surface area contributed by atoms with Crippen LogP contribution >= 0.6 is 0 Å². The van der Waals surface area contributed by atoms with E-state index in [-0.39, 0.29) is 17.7 Å². The largest absolute Gasteiger partial charge is 0.343 e. The average molecular weight is 437 g/mol. The zero-order valence-electron chi connectivity index (χ0n) is 19.2. The summed E-state index contributed by atoms with van der Waals surface area (Å²) in [6, 6.07) is 8.60. The van der Waals surface area contributed by atoms with E-state index in [2.05, 4.69) is 20.4 Å². The fourth-order valence-electron chi connectivity index (χ4n) is 5.98. The number of carbonyl (C=O) groups is 2. The molecule has 1 aromatic carbocycles. The first-order chi connectivity index (χ1) is 15.7. The second kappa shape index (κ2) is 9.63. The van der Waals surface area contributed by atoms with Crippen LogP contribution in [0.25, 0.3) is 11.0 Å². The van der Waals surface area contributed by atoms with Gasteiger partial charge in [-0.2, -0.15) is 0 Å². The van der Waals surface area contributed by atoms with Crippen LogP contribution in [0.3, 0.4) is 0 Å². The summed E-state index contributed by atoms with van der Waals surface area (Å²) in [7, 11) is 0. The van der Waals surface area contributed by atoms with E-state index in [1.165, 1.54) is 32.1 Å². The summed E-state index contributed by atoms with van der Waals surface area (Å²) in [5.41, 5.74) is 2.04. The topological polar surface area (TPSA) is 58.4 Å². The summed E-state index contributed by atoms with van der Waals surface area (Å²) in [4.78, 5) is 35.0. The minimum absolute atomic E-state index is 0.116. The molecule has 172 valence electrons. The van der Waals surface area contributed by atoms with Gasteiger partial charge < -0.3 is 14.4 Å². The molecule has 32 heavy (non-hydrogen) atoms. The second-order valence-electron chi connectivity index (χ2n) is 9.89. The quantitative estimate of drug-likeness (QED) is 0.694. The van der Waals surface area contributed by atoms with Crippen molar-refractivity contribution < 1.29 is 9.59 Å². The van der Waals surface area contributed by atoms with Gasteiger partial charge in [0.15, 0.2) is 0 Å².